The molecule has 18 heteroatoms. The zero-order valence-corrected chi connectivity index (χ0v) is 25.2. The van der Waals surface area contributed by atoms with Crippen LogP contribution in [0.3, 0.4) is 0 Å². The third-order valence-electron chi connectivity index (χ3n) is 5.30. The molecule has 44 heavy (non-hydrogen) atoms. The van der Waals surface area contributed by atoms with Gasteiger partial charge in [0.05, 0.1) is 24.7 Å². The summed E-state index contributed by atoms with van der Waals surface area (Å²) in [4.78, 5) is 0. The van der Waals surface area contributed by atoms with Gasteiger partial charge in [0.25, 0.3) is 0 Å². The maximum Gasteiger partial charge on any atom is 0.437 e. The van der Waals surface area contributed by atoms with Crippen molar-refractivity contribution in [2.24, 2.45) is 10.3 Å². The van der Waals surface area contributed by atoms with Crippen LogP contribution in [-0.4, -0.2) is 65.3 Å². The second-order valence-corrected chi connectivity index (χ2v) is 12.3. The summed E-state index contributed by atoms with van der Waals surface area (Å²) in [6.07, 6.45) is -8.89. The van der Waals surface area contributed by atoms with Crippen LogP contribution >= 0.6 is 0 Å². The van der Waals surface area contributed by atoms with Crippen molar-refractivity contribution in [2.45, 2.75) is 51.9 Å². The Balaban J connectivity index is 1.93. The summed E-state index contributed by atoms with van der Waals surface area (Å²) < 4.78 is 146. The van der Waals surface area contributed by atoms with E-state index in [1.54, 1.807) is 6.92 Å². The van der Waals surface area contributed by atoms with Gasteiger partial charge in [-0.05, 0) is 61.4 Å². The predicted octanol–water partition coefficient (Wildman–Crippen LogP) is 5.97. The smallest absolute Gasteiger partial charge is 0.437 e. The van der Waals surface area contributed by atoms with Gasteiger partial charge in [-0.15, -0.1) is 0 Å². The molecule has 2 aromatic rings. The average Bonchev–Trinajstić information content (AvgIpc) is 2.92. The van der Waals surface area contributed by atoms with Crippen LogP contribution in [-0.2, 0) is 28.8 Å². The van der Waals surface area contributed by atoms with Crippen molar-refractivity contribution in [1.29, 1.82) is 0 Å². The number of hydrogen-bond donors (Lipinski definition) is 0. The van der Waals surface area contributed by atoms with E-state index < -0.39 is 66.6 Å². The summed E-state index contributed by atoms with van der Waals surface area (Å²) in [7, 11) is -8.54. The van der Waals surface area contributed by atoms with E-state index in [4.69, 9.17) is 9.47 Å². The molecule has 2 aromatic carbocycles. The number of benzene rings is 2. The van der Waals surface area contributed by atoms with E-state index in [1.165, 1.54) is 31.2 Å². The molecule has 0 spiro atoms. The molecule has 0 aliphatic carbocycles. The van der Waals surface area contributed by atoms with Crippen LogP contribution in [0.4, 0.5) is 26.3 Å². The Morgan fingerprint density at radius 3 is 1.34 bits per heavy atom. The normalized spacial score (nSPS) is 13.5. The minimum atomic E-state index is -5.00. The number of rotatable bonds is 17. The van der Waals surface area contributed by atoms with Crippen molar-refractivity contribution in [3.05, 3.63) is 59.7 Å². The molecule has 0 aliphatic rings. The second-order valence-electron chi connectivity index (χ2n) is 9.00. The SMILES string of the molecule is CCCCS(=O)(=O)O/N=C(/c1ccc(OCCCOc2ccc(/C(=N/OS(=O)(=O)CCC)C(F)(F)F)cc2)cc1)C(F)(F)F. The monoisotopic (exact) mass is 676 g/mol. The first-order valence-corrected chi connectivity index (χ1v) is 16.2. The minimum Gasteiger partial charge on any atom is -0.493 e. The first-order valence-electron chi connectivity index (χ1n) is 13.1. The van der Waals surface area contributed by atoms with Crippen molar-refractivity contribution in [1.82, 2.24) is 0 Å². The number of hydrogen-bond acceptors (Lipinski definition) is 10. The van der Waals surface area contributed by atoms with E-state index in [0.717, 1.165) is 24.3 Å². The molecule has 0 aromatic heterocycles. The number of ether oxygens (including phenoxy) is 2. The summed E-state index contributed by atoms with van der Waals surface area (Å²) in [6.45, 7) is 3.34. The van der Waals surface area contributed by atoms with Gasteiger partial charge >= 0.3 is 32.6 Å². The van der Waals surface area contributed by atoms with E-state index in [1.807, 2.05) is 0 Å². The standard InChI is InChI=1S/C26H30F6N2O8S2/c1-3-5-18-44(37,38)42-34-24(26(30,31)32)20-9-13-22(14-10-20)40-16-6-15-39-21-11-7-19(8-12-21)23(25(27,28)29)33-41-43(35,36)17-4-2/h7-14H,3-6,15-18H2,1-2H3/b33-23-,34-24-. The molecular weight excluding hydrogens is 646 g/mol. The molecule has 0 fully saturated rings. The summed E-state index contributed by atoms with van der Waals surface area (Å²) >= 11 is 0. The van der Waals surface area contributed by atoms with E-state index in [2.05, 4.69) is 18.9 Å². The fourth-order valence-corrected chi connectivity index (χ4v) is 4.89. The number of oxime groups is 2. The van der Waals surface area contributed by atoms with Gasteiger partial charge in [-0.1, -0.05) is 30.6 Å². The Kier molecular flexibility index (Phi) is 13.3. The van der Waals surface area contributed by atoms with Gasteiger partial charge in [-0.25, -0.2) is 0 Å². The molecule has 10 nitrogen and oxygen atoms in total. The molecule has 0 N–H and O–H groups in total. The van der Waals surface area contributed by atoms with Gasteiger partial charge in [0.1, 0.15) is 11.5 Å². The molecule has 0 saturated heterocycles. The Labute approximate surface area is 250 Å². The fraction of sp³-hybridized carbons (Fsp3) is 0.462. The van der Waals surface area contributed by atoms with Crippen LogP contribution < -0.4 is 9.47 Å². The zero-order valence-electron chi connectivity index (χ0n) is 23.5. The summed E-state index contributed by atoms with van der Waals surface area (Å²) in [5, 5.41) is 5.65. The van der Waals surface area contributed by atoms with Crippen LogP contribution in [0.1, 0.15) is 50.7 Å². The molecule has 0 aliphatic heterocycles. The number of nitrogens with zero attached hydrogens (tertiary/aromatic N) is 2. The van der Waals surface area contributed by atoms with Crippen LogP contribution in [0.15, 0.2) is 58.8 Å². The summed E-state index contributed by atoms with van der Waals surface area (Å²) in [5.41, 5.74) is -3.98. The molecule has 0 unspecified atom stereocenters. The predicted molar refractivity (Wildman–Crippen MR) is 149 cm³/mol. The van der Waals surface area contributed by atoms with Crippen LogP contribution in [0.2, 0.25) is 0 Å². The molecule has 0 radical (unpaired) electrons. The van der Waals surface area contributed by atoms with Gasteiger partial charge < -0.3 is 9.47 Å². The fourth-order valence-electron chi connectivity index (χ4n) is 3.23. The maximum atomic E-state index is 13.4. The van der Waals surface area contributed by atoms with Gasteiger partial charge in [-0.3, -0.25) is 8.57 Å². The van der Waals surface area contributed by atoms with E-state index in [-0.39, 0.29) is 44.0 Å². The number of unbranched alkanes of at least 4 members (excludes halogenated alkanes) is 1. The van der Waals surface area contributed by atoms with Crippen molar-refractivity contribution in [2.75, 3.05) is 24.7 Å². The third-order valence-corrected chi connectivity index (χ3v) is 7.61. The molecule has 2 rings (SSSR count). The average molecular weight is 677 g/mol. The zero-order chi connectivity index (χ0) is 33.0. The first-order chi connectivity index (χ1) is 20.5. The minimum absolute atomic E-state index is 0.0603. The van der Waals surface area contributed by atoms with E-state index in [0.29, 0.717) is 6.42 Å². The van der Waals surface area contributed by atoms with Crippen molar-refractivity contribution in [3.8, 4) is 11.5 Å². The Bertz CT molecular complexity index is 1470. The molecule has 0 heterocycles. The lowest BCUT2D eigenvalue weighted by Gasteiger charge is -2.12. The maximum absolute atomic E-state index is 13.4. The topological polar surface area (TPSA) is 130 Å². The summed E-state index contributed by atoms with van der Waals surface area (Å²) in [5.74, 6) is -0.591. The Hall–Kier alpha value is -3.54. The van der Waals surface area contributed by atoms with Gasteiger partial charge in [-0.2, -0.15) is 43.2 Å². The quantitative estimate of drug-likeness (QED) is 0.0868. The molecule has 246 valence electrons. The third kappa shape index (κ3) is 12.6. The molecule has 0 saturated carbocycles. The lowest BCUT2D eigenvalue weighted by atomic mass is 10.1. The number of alkyl halides is 6. The van der Waals surface area contributed by atoms with E-state index in [9.17, 15) is 43.2 Å². The van der Waals surface area contributed by atoms with Crippen molar-refractivity contribution in [3.63, 3.8) is 0 Å². The Morgan fingerprint density at radius 1 is 0.614 bits per heavy atom. The first kappa shape index (κ1) is 36.7. The molecular formula is C26H30F6N2O8S2. The van der Waals surface area contributed by atoms with Gasteiger partial charge in [0, 0.05) is 17.5 Å². The lowest BCUT2D eigenvalue weighted by Crippen LogP contribution is -2.25. The van der Waals surface area contributed by atoms with Crippen LogP contribution in [0, 0.1) is 0 Å². The highest BCUT2D eigenvalue weighted by molar-refractivity contribution is 7.86. The lowest BCUT2D eigenvalue weighted by molar-refractivity contribution is -0.0606. The van der Waals surface area contributed by atoms with Crippen molar-refractivity contribution < 1.29 is 61.2 Å². The number of halogens is 6. The molecule has 0 amide bonds. The van der Waals surface area contributed by atoms with Gasteiger partial charge in [0.15, 0.2) is 11.4 Å². The molecule has 0 atom stereocenters. The summed E-state index contributed by atoms with van der Waals surface area (Å²) in [6, 6.07) is 9.00. The molecule has 0 bridgehead atoms. The van der Waals surface area contributed by atoms with Crippen LogP contribution in [0.25, 0.3) is 0 Å². The van der Waals surface area contributed by atoms with Crippen molar-refractivity contribution >= 4 is 31.7 Å². The highest BCUT2D eigenvalue weighted by Gasteiger charge is 2.39. The second kappa shape index (κ2) is 16.0. The highest BCUT2D eigenvalue weighted by Crippen LogP contribution is 2.26. The Morgan fingerprint density at radius 2 is 1.00 bits per heavy atom. The highest BCUT2D eigenvalue weighted by atomic mass is 32.2. The largest absolute Gasteiger partial charge is 0.493 e. The van der Waals surface area contributed by atoms with Gasteiger partial charge in [0.2, 0.25) is 0 Å². The van der Waals surface area contributed by atoms with E-state index >= 15 is 0 Å². The van der Waals surface area contributed by atoms with Crippen LogP contribution in [0.5, 0.6) is 11.5 Å².